The van der Waals surface area contributed by atoms with Crippen molar-refractivity contribution < 1.29 is 30.0 Å². The molecule has 4 heteroatoms. The van der Waals surface area contributed by atoms with Gasteiger partial charge in [-0.05, 0) is 66.1 Å². The number of rotatable bonds is 8. The molecule has 39 heavy (non-hydrogen) atoms. The van der Waals surface area contributed by atoms with Crippen LogP contribution in [0.5, 0.6) is 0 Å². The summed E-state index contributed by atoms with van der Waals surface area (Å²) in [6.07, 6.45) is 9.21. The topological polar surface area (TPSA) is 50.2 Å². The molecule has 3 nitrogen and oxygen atoms in total. The minimum absolute atomic E-state index is 0. The van der Waals surface area contributed by atoms with E-state index in [1.165, 1.54) is 38.7 Å². The van der Waals surface area contributed by atoms with Crippen LogP contribution in [0, 0.1) is 17.9 Å². The summed E-state index contributed by atoms with van der Waals surface area (Å²) in [5, 5.41) is 14.9. The Labute approximate surface area is 248 Å². The fourth-order valence-corrected chi connectivity index (χ4v) is 5.46. The van der Waals surface area contributed by atoms with E-state index in [1.54, 1.807) is 0 Å². The first-order valence-corrected chi connectivity index (χ1v) is 13.8. The summed E-state index contributed by atoms with van der Waals surface area (Å²) in [6, 6.07) is 22.6. The molecule has 0 bridgehead atoms. The summed E-state index contributed by atoms with van der Waals surface area (Å²) < 4.78 is 0. The summed E-state index contributed by atoms with van der Waals surface area (Å²) in [6.45, 7) is 8.07. The Kier molecular flexibility index (Phi) is 12.5. The fraction of sp³-hybridized carbons (Fsp3) is 0.371. The van der Waals surface area contributed by atoms with E-state index in [2.05, 4.69) is 60.8 Å². The summed E-state index contributed by atoms with van der Waals surface area (Å²) in [5.74, 6) is 0.547. The van der Waals surface area contributed by atoms with Crippen LogP contribution in [0.4, 0.5) is 0 Å². The number of carbonyl (C=O) groups is 1. The third-order valence-corrected chi connectivity index (χ3v) is 7.78. The van der Waals surface area contributed by atoms with Gasteiger partial charge in [-0.15, -0.1) is 29.1 Å². The first-order valence-electron chi connectivity index (χ1n) is 13.8. The van der Waals surface area contributed by atoms with Crippen LogP contribution in [0.3, 0.4) is 0 Å². The maximum absolute atomic E-state index is 11.7. The monoisotopic (exact) mass is 701 g/mol. The summed E-state index contributed by atoms with van der Waals surface area (Å²) in [5.41, 5.74) is 5.00. The van der Waals surface area contributed by atoms with E-state index >= 15 is 0 Å². The van der Waals surface area contributed by atoms with Crippen molar-refractivity contribution in [1.82, 2.24) is 4.98 Å². The third kappa shape index (κ3) is 7.04. The molecule has 1 N–H and O–H groups in total. The second-order valence-corrected chi connectivity index (χ2v) is 9.91. The normalized spacial score (nSPS) is 12.2. The number of benzene rings is 3. The molecule has 0 spiro atoms. The van der Waals surface area contributed by atoms with E-state index in [4.69, 9.17) is 4.98 Å². The molecule has 0 saturated heterocycles. The van der Waals surface area contributed by atoms with Gasteiger partial charge in [0.05, 0.1) is 5.76 Å². The smallest absolute Gasteiger partial charge is 0.162 e. The van der Waals surface area contributed by atoms with Gasteiger partial charge in [-0.1, -0.05) is 83.0 Å². The number of aromatic nitrogens is 1. The number of pyridine rings is 1. The van der Waals surface area contributed by atoms with E-state index in [9.17, 15) is 9.90 Å². The number of aryl methyl sites for hydroxylation is 2. The van der Waals surface area contributed by atoms with Crippen LogP contribution in [0.2, 0.25) is 0 Å². The van der Waals surface area contributed by atoms with E-state index in [0.717, 1.165) is 49.8 Å². The second-order valence-electron chi connectivity index (χ2n) is 9.91. The molecular formula is C35H42IrNO2-. The van der Waals surface area contributed by atoms with E-state index in [-0.39, 0.29) is 50.9 Å². The van der Waals surface area contributed by atoms with Gasteiger partial charge in [0.2, 0.25) is 0 Å². The molecular weight excluding hydrogens is 659 g/mol. The molecule has 3 aromatic carbocycles. The zero-order valence-corrected chi connectivity index (χ0v) is 25.3. The van der Waals surface area contributed by atoms with Gasteiger partial charge in [0.1, 0.15) is 0 Å². The molecule has 1 aromatic heterocycles. The second kappa shape index (κ2) is 15.1. The Morgan fingerprint density at radius 1 is 0.897 bits per heavy atom. The Bertz CT molecular complexity index is 1400. The molecule has 1 aliphatic rings. The maximum atomic E-state index is 11.7. The molecule has 1 radical (unpaired) electrons. The van der Waals surface area contributed by atoms with Crippen molar-refractivity contribution in [3.05, 3.63) is 89.8 Å². The Hall–Kier alpha value is -2.81. The SMILES string of the molecule is C.CCC(CC)C(=O)C=C(O)C(CC)CC.[Ir].[c-]1ccc2ccccc2c1-c1ncc2c3c(cccc13)CC2. The summed E-state index contributed by atoms with van der Waals surface area (Å²) >= 11 is 0. The van der Waals surface area contributed by atoms with Gasteiger partial charge >= 0.3 is 0 Å². The molecule has 0 saturated carbocycles. The number of allylic oxidation sites excluding steroid dienone is 2. The average Bonchev–Trinajstić information content (AvgIpc) is 3.35. The van der Waals surface area contributed by atoms with Crippen LogP contribution in [-0.2, 0) is 37.7 Å². The number of carbonyl (C=O) groups excluding carboxylic acids is 1. The quantitative estimate of drug-likeness (QED) is 0.113. The van der Waals surface area contributed by atoms with Crippen molar-refractivity contribution >= 4 is 27.3 Å². The van der Waals surface area contributed by atoms with Crippen LogP contribution in [0.25, 0.3) is 32.8 Å². The summed E-state index contributed by atoms with van der Waals surface area (Å²) in [4.78, 5) is 16.5. The van der Waals surface area contributed by atoms with Gasteiger partial charge in [0.15, 0.2) is 5.78 Å². The molecule has 0 atom stereocenters. The van der Waals surface area contributed by atoms with Gasteiger partial charge < -0.3 is 10.1 Å². The minimum Gasteiger partial charge on any atom is -0.512 e. The van der Waals surface area contributed by atoms with Crippen LogP contribution >= 0.6 is 0 Å². The zero-order valence-electron chi connectivity index (χ0n) is 22.9. The summed E-state index contributed by atoms with van der Waals surface area (Å²) in [7, 11) is 0. The van der Waals surface area contributed by atoms with Gasteiger partial charge in [0, 0.05) is 44.2 Å². The predicted octanol–water partition coefficient (Wildman–Crippen LogP) is 9.46. The first-order chi connectivity index (χ1) is 18.0. The number of nitrogens with zero attached hydrogens (tertiary/aromatic N) is 1. The van der Waals surface area contributed by atoms with Gasteiger partial charge in [-0.3, -0.25) is 4.79 Å². The number of fused-ring (bicyclic) bond motifs is 1. The van der Waals surface area contributed by atoms with Crippen molar-refractivity contribution in [2.75, 3.05) is 0 Å². The van der Waals surface area contributed by atoms with E-state index < -0.39 is 0 Å². The molecule has 4 aromatic rings. The minimum atomic E-state index is 0. The molecule has 0 amide bonds. The molecule has 0 unspecified atom stereocenters. The van der Waals surface area contributed by atoms with Crippen molar-refractivity contribution in [2.45, 2.75) is 73.6 Å². The number of hydrogen-bond donors (Lipinski definition) is 1. The largest absolute Gasteiger partial charge is 0.512 e. The zero-order chi connectivity index (χ0) is 26.4. The van der Waals surface area contributed by atoms with Crippen LogP contribution in [-0.4, -0.2) is 15.9 Å². The van der Waals surface area contributed by atoms with Crippen LogP contribution in [0.15, 0.2) is 72.6 Å². The Morgan fingerprint density at radius 2 is 1.54 bits per heavy atom. The fourth-order valence-electron chi connectivity index (χ4n) is 5.46. The number of ketones is 1. The van der Waals surface area contributed by atoms with Gasteiger partial charge in [0.25, 0.3) is 0 Å². The van der Waals surface area contributed by atoms with E-state index in [1.807, 2.05) is 33.8 Å². The maximum Gasteiger partial charge on any atom is 0.162 e. The standard InChI is InChI=1S/C21H14N.C13H24O2.CH4.Ir/c1-2-8-17-14(5-1)6-3-9-18(17)21-19-10-4-7-15-11-12-16(13-22-21)20(15)19;1-5-10(6-2)12(14)9-13(15)11(7-3)8-4;;/h1-8,10,13H,11-12H2;9-11,14H,5-8H2,1-4H3;1H4;/q-1;;;. The van der Waals surface area contributed by atoms with Crippen molar-refractivity contribution in [2.24, 2.45) is 11.8 Å². The Morgan fingerprint density at radius 3 is 2.23 bits per heavy atom. The molecule has 209 valence electrons. The van der Waals surface area contributed by atoms with Crippen molar-refractivity contribution in [3.8, 4) is 11.3 Å². The number of aliphatic hydroxyl groups is 1. The number of hydrogen-bond acceptors (Lipinski definition) is 3. The third-order valence-electron chi connectivity index (χ3n) is 7.78. The van der Waals surface area contributed by atoms with Crippen LogP contribution in [0.1, 0.15) is 71.9 Å². The van der Waals surface area contributed by atoms with Crippen molar-refractivity contribution in [1.29, 1.82) is 0 Å². The van der Waals surface area contributed by atoms with Crippen LogP contribution < -0.4 is 0 Å². The molecule has 5 rings (SSSR count). The van der Waals surface area contributed by atoms with E-state index in [0.29, 0.717) is 0 Å². The first kappa shape index (κ1) is 32.4. The molecule has 0 fully saturated rings. The van der Waals surface area contributed by atoms with Crippen molar-refractivity contribution in [3.63, 3.8) is 0 Å². The van der Waals surface area contributed by atoms with Gasteiger partial charge in [-0.25, -0.2) is 0 Å². The van der Waals surface area contributed by atoms with Gasteiger partial charge in [-0.2, -0.15) is 0 Å². The Balaban J connectivity index is 0.000000282. The molecule has 1 aliphatic carbocycles. The molecule has 1 heterocycles. The predicted molar refractivity (Wildman–Crippen MR) is 162 cm³/mol. The average molecular weight is 701 g/mol. The molecule has 0 aliphatic heterocycles. The number of aliphatic hydroxyl groups excluding tert-OH is 1.